The first-order valence-corrected chi connectivity index (χ1v) is 11.6. The Bertz CT molecular complexity index is 1060. The highest BCUT2D eigenvalue weighted by Gasteiger charge is 2.32. The lowest BCUT2D eigenvalue weighted by atomic mass is 10.1. The van der Waals surface area contributed by atoms with E-state index in [9.17, 15) is 28.1 Å². The summed E-state index contributed by atoms with van der Waals surface area (Å²) in [6.45, 7) is 0.453. The number of piperazine rings is 1. The van der Waals surface area contributed by atoms with Crippen molar-refractivity contribution < 1.29 is 22.9 Å². The lowest BCUT2D eigenvalue weighted by molar-refractivity contribution is -0.385. The smallest absolute Gasteiger partial charge is 0.312 e. The zero-order valence-corrected chi connectivity index (χ0v) is 18.0. The van der Waals surface area contributed by atoms with E-state index in [1.165, 1.54) is 38.7 Å². The van der Waals surface area contributed by atoms with E-state index in [4.69, 9.17) is 5.73 Å². The van der Waals surface area contributed by atoms with Crippen molar-refractivity contribution in [2.75, 3.05) is 26.2 Å². The van der Waals surface area contributed by atoms with Crippen LogP contribution in [-0.2, 0) is 14.8 Å². The molecule has 2 aromatic rings. The van der Waals surface area contributed by atoms with Gasteiger partial charge in [0.05, 0.1) is 22.3 Å². The summed E-state index contributed by atoms with van der Waals surface area (Å²) in [5.41, 5.74) is 4.91. The number of sulfonamides is 1. The molecular weight excluding hydrogens is 446 g/mol. The Morgan fingerprint density at radius 3 is 2.48 bits per heavy atom. The highest BCUT2D eigenvalue weighted by Crippen LogP contribution is 2.25. The van der Waals surface area contributed by atoms with Gasteiger partial charge in [0.25, 0.3) is 5.69 Å². The first kappa shape index (κ1) is 22.7. The first-order valence-electron chi connectivity index (χ1n) is 9.30. The second kappa shape index (κ2) is 9.41. The fraction of sp³-hybridized carbons (Fsp3) is 0.333. The van der Waals surface area contributed by atoms with Crippen LogP contribution >= 0.6 is 11.3 Å². The number of carbonyl (C=O) groups is 2. The molecule has 1 fully saturated rings. The average Bonchev–Trinajstić information content (AvgIpc) is 3.28. The highest BCUT2D eigenvalue weighted by molar-refractivity contribution is 7.89. The van der Waals surface area contributed by atoms with Crippen molar-refractivity contribution in [1.82, 2.24) is 14.5 Å². The van der Waals surface area contributed by atoms with E-state index < -0.39 is 27.0 Å². The van der Waals surface area contributed by atoms with Crippen molar-refractivity contribution in [2.45, 2.75) is 17.4 Å². The van der Waals surface area contributed by atoms with Crippen molar-refractivity contribution >= 4 is 39.0 Å². The molecule has 13 heteroatoms. The standard InChI is InChI=1S/C18H21N5O6S2/c19-18(25)20-15(16-5-2-10-30-16)12-17(24)21-6-8-22(9-7-21)31(28,29)14-4-1-3-13(11-14)23(26)27/h1-5,10-11,15H,6-9,12H2,(H3,19,20,25). The van der Waals surface area contributed by atoms with Gasteiger partial charge in [-0.05, 0) is 17.5 Å². The Hall–Kier alpha value is -3.03. The number of hydrogen-bond acceptors (Lipinski definition) is 7. The summed E-state index contributed by atoms with van der Waals surface area (Å²) in [7, 11) is -3.92. The topological polar surface area (TPSA) is 156 Å². The molecule has 1 aromatic heterocycles. The molecule has 0 bridgehead atoms. The third-order valence-corrected chi connectivity index (χ3v) is 7.72. The van der Waals surface area contributed by atoms with Crippen LogP contribution < -0.4 is 11.1 Å². The number of urea groups is 1. The van der Waals surface area contributed by atoms with E-state index in [1.54, 1.807) is 12.1 Å². The maximum atomic E-state index is 12.8. The minimum Gasteiger partial charge on any atom is -0.352 e. The number of primary amides is 1. The maximum absolute atomic E-state index is 12.8. The molecule has 1 aliphatic rings. The number of hydrogen-bond donors (Lipinski definition) is 2. The molecule has 1 aliphatic heterocycles. The van der Waals surface area contributed by atoms with E-state index in [0.29, 0.717) is 0 Å². The van der Waals surface area contributed by atoms with Crippen molar-refractivity contribution in [3.8, 4) is 0 Å². The van der Waals surface area contributed by atoms with Gasteiger partial charge in [0.15, 0.2) is 0 Å². The molecule has 0 radical (unpaired) electrons. The van der Waals surface area contributed by atoms with Crippen LogP contribution in [0.4, 0.5) is 10.5 Å². The predicted octanol–water partition coefficient (Wildman–Crippen LogP) is 1.29. The molecule has 0 aliphatic carbocycles. The van der Waals surface area contributed by atoms with Gasteiger partial charge in [0.1, 0.15) is 0 Å². The minimum absolute atomic E-state index is 0.00107. The van der Waals surface area contributed by atoms with E-state index in [1.807, 2.05) is 5.38 Å². The largest absolute Gasteiger partial charge is 0.352 e. The third kappa shape index (κ3) is 5.37. The second-order valence-electron chi connectivity index (χ2n) is 6.82. The number of non-ortho nitro benzene ring substituents is 1. The molecule has 3 N–H and O–H groups in total. The van der Waals surface area contributed by atoms with Crippen molar-refractivity contribution in [3.63, 3.8) is 0 Å². The van der Waals surface area contributed by atoms with Gasteiger partial charge in [-0.25, -0.2) is 13.2 Å². The fourth-order valence-corrected chi connectivity index (χ4v) is 5.51. The van der Waals surface area contributed by atoms with Gasteiger partial charge in [0, 0.05) is 43.2 Å². The van der Waals surface area contributed by atoms with Gasteiger partial charge >= 0.3 is 6.03 Å². The second-order valence-corrected chi connectivity index (χ2v) is 9.74. The van der Waals surface area contributed by atoms with Crippen LogP contribution in [0.25, 0.3) is 0 Å². The molecule has 1 saturated heterocycles. The monoisotopic (exact) mass is 467 g/mol. The number of thiophene rings is 1. The number of carbonyl (C=O) groups excluding carboxylic acids is 2. The Kier molecular flexibility index (Phi) is 6.87. The number of nitrogens with one attached hydrogen (secondary N) is 1. The van der Waals surface area contributed by atoms with E-state index in [0.717, 1.165) is 10.9 Å². The van der Waals surface area contributed by atoms with Gasteiger partial charge in [-0.1, -0.05) is 12.1 Å². The Balaban J connectivity index is 1.64. The van der Waals surface area contributed by atoms with Crippen LogP contribution in [0, 0.1) is 10.1 Å². The van der Waals surface area contributed by atoms with Gasteiger partial charge in [-0.15, -0.1) is 11.3 Å². The van der Waals surface area contributed by atoms with Crippen LogP contribution in [0.5, 0.6) is 0 Å². The quantitative estimate of drug-likeness (QED) is 0.462. The molecule has 3 amide bonds. The molecule has 1 aromatic carbocycles. The molecule has 166 valence electrons. The summed E-state index contributed by atoms with van der Waals surface area (Å²) in [5.74, 6) is -0.237. The normalized spacial score (nSPS) is 15.9. The zero-order chi connectivity index (χ0) is 22.6. The molecule has 3 rings (SSSR count). The molecule has 1 unspecified atom stereocenters. The summed E-state index contributed by atoms with van der Waals surface area (Å²) < 4.78 is 26.9. The maximum Gasteiger partial charge on any atom is 0.312 e. The number of nitro benzene ring substituents is 1. The van der Waals surface area contributed by atoms with Crippen molar-refractivity contribution in [3.05, 3.63) is 56.8 Å². The average molecular weight is 468 g/mol. The lowest BCUT2D eigenvalue weighted by Gasteiger charge is -2.34. The number of rotatable bonds is 7. The third-order valence-electron chi connectivity index (χ3n) is 4.84. The van der Waals surface area contributed by atoms with Crippen molar-refractivity contribution in [1.29, 1.82) is 0 Å². The molecule has 31 heavy (non-hydrogen) atoms. The molecule has 0 spiro atoms. The Labute approximate surface area is 182 Å². The first-order chi connectivity index (χ1) is 14.7. The summed E-state index contributed by atoms with van der Waals surface area (Å²) in [4.78, 5) is 36.5. The van der Waals surface area contributed by atoms with Crippen LogP contribution in [0.3, 0.4) is 0 Å². The number of amides is 3. The molecule has 0 saturated carbocycles. The number of nitrogens with two attached hydrogens (primary N) is 1. The predicted molar refractivity (Wildman–Crippen MR) is 113 cm³/mol. The zero-order valence-electron chi connectivity index (χ0n) is 16.3. The molecule has 1 atom stereocenters. The van der Waals surface area contributed by atoms with Gasteiger partial charge in [0.2, 0.25) is 15.9 Å². The summed E-state index contributed by atoms with van der Waals surface area (Å²) >= 11 is 1.39. The molecule has 2 heterocycles. The Morgan fingerprint density at radius 2 is 1.90 bits per heavy atom. The van der Waals surface area contributed by atoms with Gasteiger partial charge in [-0.2, -0.15) is 4.31 Å². The summed E-state index contributed by atoms with van der Waals surface area (Å²) in [6, 6.07) is 7.17. The van der Waals surface area contributed by atoms with E-state index in [2.05, 4.69) is 5.32 Å². The van der Waals surface area contributed by atoms with Gasteiger partial charge < -0.3 is 16.0 Å². The van der Waals surface area contributed by atoms with Gasteiger partial charge in [-0.3, -0.25) is 14.9 Å². The Morgan fingerprint density at radius 1 is 1.19 bits per heavy atom. The van der Waals surface area contributed by atoms with E-state index >= 15 is 0 Å². The summed E-state index contributed by atoms with van der Waals surface area (Å²) in [6.07, 6.45) is 0.00107. The number of benzene rings is 1. The fourth-order valence-electron chi connectivity index (χ4n) is 3.27. The minimum atomic E-state index is -3.92. The lowest BCUT2D eigenvalue weighted by Crippen LogP contribution is -2.51. The molecular formula is C18H21N5O6S2. The molecule has 11 nitrogen and oxygen atoms in total. The SMILES string of the molecule is NC(=O)NC(CC(=O)N1CCN(S(=O)(=O)c2cccc([N+](=O)[O-])c2)CC1)c1cccs1. The highest BCUT2D eigenvalue weighted by atomic mass is 32.2. The summed E-state index contributed by atoms with van der Waals surface area (Å²) in [5, 5.41) is 15.3. The van der Waals surface area contributed by atoms with Crippen molar-refractivity contribution in [2.24, 2.45) is 5.73 Å². The van der Waals surface area contributed by atoms with Crippen LogP contribution in [0.2, 0.25) is 0 Å². The van der Waals surface area contributed by atoms with Crippen LogP contribution in [0.1, 0.15) is 17.3 Å². The van der Waals surface area contributed by atoms with Crippen LogP contribution in [-0.4, -0.2) is 60.7 Å². The number of nitro groups is 1. The van der Waals surface area contributed by atoms with E-state index in [-0.39, 0.29) is 49.1 Å². The number of nitrogens with zero attached hydrogens (tertiary/aromatic N) is 3. The van der Waals surface area contributed by atoms with Crippen LogP contribution in [0.15, 0.2) is 46.7 Å².